The molecule has 1 aromatic carbocycles. The van der Waals surface area contributed by atoms with Gasteiger partial charge in [-0.2, -0.15) is 0 Å². The van der Waals surface area contributed by atoms with Crippen LogP contribution >= 0.6 is 0 Å². The van der Waals surface area contributed by atoms with E-state index in [4.69, 9.17) is 0 Å². The van der Waals surface area contributed by atoms with Crippen LogP contribution in [0, 0.1) is 24.5 Å². The van der Waals surface area contributed by atoms with Crippen LogP contribution in [0.5, 0.6) is 0 Å². The van der Waals surface area contributed by atoms with Crippen LogP contribution in [0.3, 0.4) is 0 Å². The molecule has 1 rings (SSSR count). The predicted octanol–water partition coefficient (Wildman–Crippen LogP) is 2.91. The smallest absolute Gasteiger partial charge is 0.272 e. The van der Waals surface area contributed by atoms with Crippen molar-refractivity contribution in [2.24, 2.45) is 0 Å². The number of aryl methyl sites for hydroxylation is 2. The molecule has 0 bridgehead atoms. The van der Waals surface area contributed by atoms with Crippen LogP contribution in [0.2, 0.25) is 0 Å². The maximum Gasteiger partial charge on any atom is 0.272 e. The second-order valence-corrected chi connectivity index (χ2v) is 2.74. The monoisotopic (exact) mass is 269 g/mol. The Hall–Kier alpha value is -0.276. The maximum atomic E-state index is 10.5. The van der Waals surface area contributed by atoms with Crippen LogP contribution in [0.25, 0.3) is 0 Å². The molecule has 0 spiro atoms. The zero-order valence-corrected chi connectivity index (χ0v) is 11.6. The molecule has 75 valence electrons. The minimum Gasteiger partial charge on any atom is -0.358 e. The SMILES string of the molecule is CCc1ccc(C)cc1[N+](=O)[O-].[CH3-].[Y]. The summed E-state index contributed by atoms with van der Waals surface area (Å²) in [6.07, 6.45) is 0.705. The van der Waals surface area contributed by atoms with Crippen molar-refractivity contribution in [3.63, 3.8) is 0 Å². The average molecular weight is 269 g/mol. The van der Waals surface area contributed by atoms with E-state index in [0.717, 1.165) is 11.1 Å². The molecule has 0 amide bonds. The predicted molar refractivity (Wildman–Crippen MR) is 53.6 cm³/mol. The van der Waals surface area contributed by atoms with Crippen LogP contribution in [-0.2, 0) is 39.1 Å². The third kappa shape index (κ3) is 3.85. The van der Waals surface area contributed by atoms with Gasteiger partial charge in [0.25, 0.3) is 5.69 Å². The van der Waals surface area contributed by atoms with E-state index >= 15 is 0 Å². The summed E-state index contributed by atoms with van der Waals surface area (Å²) in [4.78, 5) is 10.2. The Balaban J connectivity index is 0. The van der Waals surface area contributed by atoms with Crippen molar-refractivity contribution in [2.75, 3.05) is 0 Å². The Bertz CT molecular complexity index is 313. The quantitative estimate of drug-likeness (QED) is 0.470. The van der Waals surface area contributed by atoms with Gasteiger partial charge in [0, 0.05) is 44.3 Å². The van der Waals surface area contributed by atoms with E-state index in [0.29, 0.717) is 6.42 Å². The number of rotatable bonds is 2. The Labute approximate surface area is 110 Å². The van der Waals surface area contributed by atoms with Crippen LogP contribution in [-0.4, -0.2) is 4.92 Å². The topological polar surface area (TPSA) is 43.1 Å². The van der Waals surface area contributed by atoms with Crippen LogP contribution in [0.1, 0.15) is 18.1 Å². The fourth-order valence-electron chi connectivity index (χ4n) is 1.14. The van der Waals surface area contributed by atoms with Gasteiger partial charge in [0.05, 0.1) is 4.92 Å². The van der Waals surface area contributed by atoms with Gasteiger partial charge in [-0.05, 0) is 18.9 Å². The molecule has 0 aliphatic rings. The molecule has 14 heavy (non-hydrogen) atoms. The number of hydrogen-bond acceptors (Lipinski definition) is 2. The summed E-state index contributed by atoms with van der Waals surface area (Å²) in [5, 5.41) is 10.5. The Kier molecular flexibility index (Phi) is 8.17. The molecular weight excluding hydrogens is 255 g/mol. The molecule has 1 aromatic rings. The minimum atomic E-state index is -0.328. The van der Waals surface area contributed by atoms with Crippen molar-refractivity contribution < 1.29 is 37.6 Å². The first-order valence-electron chi connectivity index (χ1n) is 3.89. The molecule has 4 heteroatoms. The van der Waals surface area contributed by atoms with Crippen LogP contribution in [0.15, 0.2) is 18.2 Å². The van der Waals surface area contributed by atoms with E-state index in [9.17, 15) is 10.1 Å². The van der Waals surface area contributed by atoms with Crippen molar-refractivity contribution in [1.82, 2.24) is 0 Å². The first-order chi connectivity index (χ1) is 5.65. The normalized spacial score (nSPS) is 8.43. The average Bonchev–Trinajstić information content (AvgIpc) is 2.04. The van der Waals surface area contributed by atoms with E-state index < -0.39 is 0 Å². The molecule has 0 aromatic heterocycles. The fourth-order valence-corrected chi connectivity index (χ4v) is 1.14. The van der Waals surface area contributed by atoms with Gasteiger partial charge in [0.1, 0.15) is 0 Å². The van der Waals surface area contributed by atoms with Gasteiger partial charge in [-0.3, -0.25) is 10.1 Å². The molecule has 0 N–H and O–H groups in total. The second-order valence-electron chi connectivity index (χ2n) is 2.74. The Morgan fingerprint density at radius 3 is 2.43 bits per heavy atom. The standard InChI is InChI=1S/C9H11NO2.CH3.Y/c1-3-8-5-4-7(2)6-9(8)10(11)12;;/h4-6H,3H2,1-2H3;1H3;/q;-1;. The molecule has 0 unspecified atom stereocenters. The molecule has 0 fully saturated rings. The molecule has 0 atom stereocenters. The molecule has 3 nitrogen and oxygen atoms in total. The molecule has 1 radical (unpaired) electrons. The fraction of sp³-hybridized carbons (Fsp3) is 0.300. The second kappa shape index (κ2) is 7.07. The summed E-state index contributed by atoms with van der Waals surface area (Å²) in [6, 6.07) is 5.32. The third-order valence-electron chi connectivity index (χ3n) is 1.82. The van der Waals surface area contributed by atoms with Gasteiger partial charge >= 0.3 is 0 Å². The summed E-state index contributed by atoms with van der Waals surface area (Å²) in [6.45, 7) is 3.77. The Morgan fingerprint density at radius 2 is 2.00 bits per heavy atom. The molecule has 0 saturated heterocycles. The van der Waals surface area contributed by atoms with Gasteiger partial charge in [0.2, 0.25) is 0 Å². The summed E-state index contributed by atoms with van der Waals surface area (Å²) in [7, 11) is 0. The molecule has 0 heterocycles. The van der Waals surface area contributed by atoms with Gasteiger partial charge in [-0.15, -0.1) is 0 Å². The zero-order valence-electron chi connectivity index (χ0n) is 8.78. The van der Waals surface area contributed by atoms with E-state index in [2.05, 4.69) is 0 Å². The van der Waals surface area contributed by atoms with Crippen LogP contribution in [0.4, 0.5) is 5.69 Å². The van der Waals surface area contributed by atoms with Crippen LogP contribution < -0.4 is 0 Å². The third-order valence-corrected chi connectivity index (χ3v) is 1.82. The molecule has 0 saturated carbocycles. The Morgan fingerprint density at radius 1 is 1.43 bits per heavy atom. The van der Waals surface area contributed by atoms with Crippen molar-refractivity contribution in [3.05, 3.63) is 46.9 Å². The van der Waals surface area contributed by atoms with E-state index in [1.807, 2.05) is 26.0 Å². The summed E-state index contributed by atoms with van der Waals surface area (Å²) in [5.74, 6) is 0. The summed E-state index contributed by atoms with van der Waals surface area (Å²) >= 11 is 0. The van der Waals surface area contributed by atoms with Gasteiger partial charge in [-0.25, -0.2) is 0 Å². The minimum absolute atomic E-state index is 0. The zero-order chi connectivity index (χ0) is 9.14. The van der Waals surface area contributed by atoms with E-state index in [-0.39, 0.29) is 50.7 Å². The molecule has 0 aliphatic heterocycles. The van der Waals surface area contributed by atoms with Gasteiger partial charge < -0.3 is 7.43 Å². The van der Waals surface area contributed by atoms with E-state index in [1.165, 1.54) is 0 Å². The first-order valence-corrected chi connectivity index (χ1v) is 3.89. The summed E-state index contributed by atoms with van der Waals surface area (Å²) < 4.78 is 0. The van der Waals surface area contributed by atoms with Crippen molar-refractivity contribution >= 4 is 5.69 Å². The van der Waals surface area contributed by atoms with Gasteiger partial charge in [0.15, 0.2) is 0 Å². The molecular formula is C10H14NO2Y-. The largest absolute Gasteiger partial charge is 0.358 e. The number of nitro benzene ring substituents is 1. The first kappa shape index (κ1) is 16.2. The maximum absolute atomic E-state index is 10.5. The molecule has 0 aliphatic carbocycles. The number of benzene rings is 1. The number of nitrogens with zero attached hydrogens (tertiary/aromatic N) is 1. The van der Waals surface area contributed by atoms with Gasteiger partial charge in [-0.1, -0.05) is 19.1 Å². The number of hydrogen-bond donors (Lipinski definition) is 0. The van der Waals surface area contributed by atoms with Crippen molar-refractivity contribution in [2.45, 2.75) is 20.3 Å². The van der Waals surface area contributed by atoms with Crippen molar-refractivity contribution in [3.8, 4) is 0 Å². The van der Waals surface area contributed by atoms with Crippen molar-refractivity contribution in [1.29, 1.82) is 0 Å². The number of nitro groups is 1. The summed E-state index contributed by atoms with van der Waals surface area (Å²) in [5.41, 5.74) is 1.96. The van der Waals surface area contributed by atoms with E-state index in [1.54, 1.807) is 6.07 Å².